The van der Waals surface area contributed by atoms with Gasteiger partial charge in [-0.2, -0.15) is 0 Å². The summed E-state index contributed by atoms with van der Waals surface area (Å²) < 4.78 is 0. The van der Waals surface area contributed by atoms with Crippen molar-refractivity contribution in [3.05, 3.63) is 51.5 Å². The third-order valence-electron chi connectivity index (χ3n) is 2.96. The second-order valence-corrected chi connectivity index (χ2v) is 4.94. The Morgan fingerprint density at radius 3 is 2.88 bits per heavy atom. The first-order valence-corrected chi connectivity index (χ1v) is 6.58. The molecular formula is C13H17N3S. The second kappa shape index (κ2) is 5.40. The van der Waals surface area contributed by atoms with Gasteiger partial charge in [-0.15, -0.1) is 11.3 Å². The monoisotopic (exact) mass is 247 g/mol. The zero-order chi connectivity index (χ0) is 12.3. The maximum atomic E-state index is 5.72. The molecular weight excluding hydrogens is 230 g/mol. The second-order valence-electron chi connectivity index (χ2n) is 4.00. The average Bonchev–Trinajstić information content (AvgIpc) is 2.78. The van der Waals surface area contributed by atoms with Gasteiger partial charge in [0.1, 0.15) is 0 Å². The minimum atomic E-state index is 0.0629. The molecule has 1 unspecified atom stereocenters. The summed E-state index contributed by atoms with van der Waals surface area (Å²) in [6.07, 6.45) is 4.70. The Kier molecular flexibility index (Phi) is 3.89. The maximum absolute atomic E-state index is 5.72. The largest absolute Gasteiger partial charge is 0.271 e. The Morgan fingerprint density at radius 1 is 1.47 bits per heavy atom. The van der Waals surface area contributed by atoms with Gasteiger partial charge in [0.05, 0.1) is 6.04 Å². The molecule has 0 spiro atoms. The summed E-state index contributed by atoms with van der Waals surface area (Å²) in [7, 11) is 0. The summed E-state index contributed by atoms with van der Waals surface area (Å²) in [4.78, 5) is 5.44. The standard InChI is InChI=1S/C13H17N3S/c1-3-10-8-15-6-4-11(10)12(16-14)13-9(2)5-7-17-13/h4-8,12,16H,3,14H2,1-2H3. The summed E-state index contributed by atoms with van der Waals surface area (Å²) in [5, 5.41) is 2.10. The van der Waals surface area contributed by atoms with Crippen LogP contribution in [0, 0.1) is 6.92 Å². The fourth-order valence-electron chi connectivity index (χ4n) is 2.00. The van der Waals surface area contributed by atoms with Crippen LogP contribution in [-0.2, 0) is 6.42 Å². The molecule has 1 atom stereocenters. The van der Waals surface area contributed by atoms with Crippen molar-refractivity contribution >= 4 is 11.3 Å². The highest BCUT2D eigenvalue weighted by atomic mass is 32.1. The van der Waals surface area contributed by atoms with Crippen molar-refractivity contribution in [1.29, 1.82) is 0 Å². The van der Waals surface area contributed by atoms with Gasteiger partial charge >= 0.3 is 0 Å². The van der Waals surface area contributed by atoms with Crippen LogP contribution in [0.2, 0.25) is 0 Å². The fourth-order valence-corrected chi connectivity index (χ4v) is 3.01. The van der Waals surface area contributed by atoms with Gasteiger partial charge in [-0.3, -0.25) is 10.8 Å². The molecule has 0 fully saturated rings. The number of hydrogen-bond donors (Lipinski definition) is 2. The first kappa shape index (κ1) is 12.2. The molecule has 3 N–H and O–H groups in total. The first-order chi connectivity index (χ1) is 8.27. The van der Waals surface area contributed by atoms with Gasteiger partial charge in [-0.25, -0.2) is 5.43 Å². The number of aromatic nitrogens is 1. The smallest absolute Gasteiger partial charge is 0.0808 e. The van der Waals surface area contributed by atoms with Crippen LogP contribution in [0.1, 0.15) is 34.5 Å². The van der Waals surface area contributed by atoms with Crippen LogP contribution in [0.15, 0.2) is 29.9 Å². The topological polar surface area (TPSA) is 50.9 Å². The molecule has 4 heteroatoms. The zero-order valence-corrected chi connectivity index (χ0v) is 10.9. The van der Waals surface area contributed by atoms with Crippen LogP contribution in [0.5, 0.6) is 0 Å². The van der Waals surface area contributed by atoms with E-state index in [2.05, 4.69) is 35.7 Å². The molecule has 90 valence electrons. The van der Waals surface area contributed by atoms with E-state index < -0.39 is 0 Å². The quantitative estimate of drug-likeness (QED) is 0.645. The van der Waals surface area contributed by atoms with Crippen LogP contribution in [-0.4, -0.2) is 4.98 Å². The Morgan fingerprint density at radius 2 is 2.29 bits per heavy atom. The van der Waals surface area contributed by atoms with Crippen molar-refractivity contribution in [2.24, 2.45) is 5.84 Å². The Bertz CT molecular complexity index is 493. The minimum absolute atomic E-state index is 0.0629. The lowest BCUT2D eigenvalue weighted by atomic mass is 9.98. The molecule has 0 amide bonds. The van der Waals surface area contributed by atoms with Crippen LogP contribution in [0.25, 0.3) is 0 Å². The summed E-state index contributed by atoms with van der Waals surface area (Å²) >= 11 is 1.73. The molecule has 0 saturated heterocycles. The molecule has 0 radical (unpaired) electrons. The van der Waals surface area contributed by atoms with E-state index in [0.717, 1.165) is 6.42 Å². The van der Waals surface area contributed by atoms with Crippen LogP contribution in [0.3, 0.4) is 0 Å². The molecule has 2 rings (SSSR count). The lowest BCUT2D eigenvalue weighted by Gasteiger charge is -2.18. The number of nitrogens with two attached hydrogens (primary N) is 1. The number of rotatable bonds is 4. The lowest BCUT2D eigenvalue weighted by Crippen LogP contribution is -2.29. The SMILES string of the molecule is CCc1cnccc1C(NN)c1sccc1C. The number of thiophene rings is 1. The molecule has 2 heterocycles. The molecule has 0 aromatic carbocycles. The van der Waals surface area contributed by atoms with Gasteiger partial charge < -0.3 is 0 Å². The van der Waals surface area contributed by atoms with E-state index in [0.29, 0.717) is 0 Å². The summed E-state index contributed by atoms with van der Waals surface area (Å²) in [6, 6.07) is 4.23. The molecule has 0 aliphatic carbocycles. The van der Waals surface area contributed by atoms with Crippen LogP contribution >= 0.6 is 11.3 Å². The average molecular weight is 247 g/mol. The third-order valence-corrected chi connectivity index (χ3v) is 4.05. The number of nitrogens with zero attached hydrogens (tertiary/aromatic N) is 1. The zero-order valence-electron chi connectivity index (χ0n) is 10.1. The number of hydrogen-bond acceptors (Lipinski definition) is 4. The normalized spacial score (nSPS) is 12.6. The summed E-state index contributed by atoms with van der Waals surface area (Å²) in [5.74, 6) is 5.72. The predicted molar refractivity (Wildman–Crippen MR) is 71.8 cm³/mol. The van der Waals surface area contributed by atoms with Crippen molar-refractivity contribution in [3.8, 4) is 0 Å². The molecule has 2 aromatic rings. The Labute approximate surface area is 106 Å². The Hall–Kier alpha value is -1.23. The molecule has 0 saturated carbocycles. The van der Waals surface area contributed by atoms with Gasteiger partial charge in [0.15, 0.2) is 0 Å². The van der Waals surface area contributed by atoms with Gasteiger partial charge in [0.2, 0.25) is 0 Å². The van der Waals surface area contributed by atoms with E-state index >= 15 is 0 Å². The number of hydrazine groups is 1. The van der Waals surface area contributed by atoms with Gasteiger partial charge in [0.25, 0.3) is 0 Å². The van der Waals surface area contributed by atoms with E-state index in [1.165, 1.54) is 21.6 Å². The number of pyridine rings is 1. The van der Waals surface area contributed by atoms with Crippen molar-refractivity contribution in [2.75, 3.05) is 0 Å². The third kappa shape index (κ3) is 2.39. The lowest BCUT2D eigenvalue weighted by molar-refractivity contribution is 0.637. The van der Waals surface area contributed by atoms with E-state index in [9.17, 15) is 0 Å². The highest BCUT2D eigenvalue weighted by molar-refractivity contribution is 7.10. The van der Waals surface area contributed by atoms with Crippen LogP contribution < -0.4 is 11.3 Å². The first-order valence-electron chi connectivity index (χ1n) is 5.70. The van der Waals surface area contributed by atoms with E-state index in [-0.39, 0.29) is 6.04 Å². The maximum Gasteiger partial charge on any atom is 0.0808 e. The fraction of sp³-hybridized carbons (Fsp3) is 0.308. The van der Waals surface area contributed by atoms with Gasteiger partial charge in [-0.1, -0.05) is 6.92 Å². The van der Waals surface area contributed by atoms with E-state index in [1.54, 1.807) is 11.3 Å². The molecule has 17 heavy (non-hydrogen) atoms. The van der Waals surface area contributed by atoms with Crippen molar-refractivity contribution in [2.45, 2.75) is 26.3 Å². The number of aryl methyl sites for hydroxylation is 2. The number of nitrogens with one attached hydrogen (secondary N) is 1. The molecule has 3 nitrogen and oxygen atoms in total. The summed E-state index contributed by atoms with van der Waals surface area (Å²) in [5.41, 5.74) is 6.65. The molecule has 0 bridgehead atoms. The van der Waals surface area contributed by atoms with Crippen molar-refractivity contribution in [3.63, 3.8) is 0 Å². The van der Waals surface area contributed by atoms with Crippen LogP contribution in [0.4, 0.5) is 0 Å². The highest BCUT2D eigenvalue weighted by Crippen LogP contribution is 2.30. The Balaban J connectivity index is 2.46. The highest BCUT2D eigenvalue weighted by Gasteiger charge is 2.18. The predicted octanol–water partition coefficient (Wildman–Crippen LogP) is 2.57. The van der Waals surface area contributed by atoms with E-state index in [4.69, 9.17) is 5.84 Å². The molecule has 0 aliphatic rings. The molecule has 0 aliphatic heterocycles. The summed E-state index contributed by atoms with van der Waals surface area (Å²) in [6.45, 7) is 4.25. The minimum Gasteiger partial charge on any atom is -0.271 e. The van der Waals surface area contributed by atoms with E-state index in [1.807, 2.05) is 18.5 Å². The van der Waals surface area contributed by atoms with Gasteiger partial charge in [0, 0.05) is 17.3 Å². The van der Waals surface area contributed by atoms with Crippen molar-refractivity contribution in [1.82, 2.24) is 10.4 Å². The van der Waals surface area contributed by atoms with Gasteiger partial charge in [-0.05, 0) is 47.5 Å². The van der Waals surface area contributed by atoms with Crippen molar-refractivity contribution < 1.29 is 0 Å². The molecule has 2 aromatic heterocycles.